The first-order valence-corrected chi connectivity index (χ1v) is 12.1. The average molecular weight is 472 g/mol. The van der Waals surface area contributed by atoms with Crippen LogP contribution < -0.4 is 5.56 Å². The normalized spacial score (nSPS) is 13.9. The molecule has 176 valence electrons. The lowest BCUT2D eigenvalue weighted by molar-refractivity contribution is -0.145. The minimum atomic E-state index is -0.430. The molecule has 0 spiro atoms. The Morgan fingerprint density at radius 2 is 1.53 bits per heavy atom. The number of pyridine rings is 1. The molecule has 4 nitrogen and oxygen atoms in total. The quantitative estimate of drug-likeness (QED) is 0.269. The zero-order valence-corrected chi connectivity index (χ0v) is 20.0. The highest BCUT2D eigenvalue weighted by molar-refractivity contribution is 6.04. The molecular weight excluding hydrogens is 446 g/mol. The molecule has 0 N–H and O–H groups in total. The van der Waals surface area contributed by atoms with Crippen LogP contribution in [0.5, 0.6) is 0 Å². The van der Waals surface area contributed by atoms with Crippen LogP contribution in [0.2, 0.25) is 0 Å². The van der Waals surface area contributed by atoms with Gasteiger partial charge in [-0.25, -0.2) is 0 Å². The lowest BCUT2D eigenvalue weighted by atomic mass is 9.93. The van der Waals surface area contributed by atoms with Crippen molar-refractivity contribution in [3.05, 3.63) is 130 Å². The van der Waals surface area contributed by atoms with Crippen LogP contribution in [0, 0.1) is 6.92 Å². The Balaban J connectivity index is 1.52. The molecule has 5 aromatic rings. The van der Waals surface area contributed by atoms with Gasteiger partial charge in [0.2, 0.25) is 0 Å². The van der Waals surface area contributed by atoms with Crippen LogP contribution in [0.4, 0.5) is 0 Å². The number of hydrogen-bond donors (Lipinski definition) is 0. The van der Waals surface area contributed by atoms with E-state index in [1.165, 1.54) is 0 Å². The van der Waals surface area contributed by atoms with Crippen molar-refractivity contribution in [3.63, 3.8) is 0 Å². The molecule has 1 aliphatic heterocycles. The number of hydrogen-bond acceptors (Lipinski definition) is 3. The smallest absolute Gasteiger partial charge is 0.308 e. The third kappa shape index (κ3) is 3.72. The van der Waals surface area contributed by atoms with Crippen molar-refractivity contribution in [2.24, 2.45) is 0 Å². The number of carbonyl (C=O) groups excluding carboxylic acids is 1. The molecule has 4 heteroatoms. The van der Waals surface area contributed by atoms with E-state index in [1.54, 1.807) is 0 Å². The predicted molar refractivity (Wildman–Crippen MR) is 143 cm³/mol. The fourth-order valence-electron chi connectivity index (χ4n) is 5.29. The Hall–Kier alpha value is -4.44. The zero-order valence-electron chi connectivity index (χ0n) is 20.0. The number of rotatable bonds is 5. The molecule has 1 aromatic heterocycles. The summed E-state index contributed by atoms with van der Waals surface area (Å²) in [4.78, 5) is 27.0. The Morgan fingerprint density at radius 3 is 2.31 bits per heavy atom. The van der Waals surface area contributed by atoms with Gasteiger partial charge in [0.05, 0.1) is 18.2 Å². The summed E-state index contributed by atoms with van der Waals surface area (Å²) >= 11 is 0. The molecular formula is C32H25NO3. The summed E-state index contributed by atoms with van der Waals surface area (Å²) < 4.78 is 7.44. The van der Waals surface area contributed by atoms with Gasteiger partial charge in [-0.15, -0.1) is 0 Å². The molecule has 0 saturated carbocycles. The van der Waals surface area contributed by atoms with E-state index >= 15 is 0 Å². The third-order valence-corrected chi connectivity index (χ3v) is 6.92. The van der Waals surface area contributed by atoms with E-state index in [2.05, 4.69) is 18.2 Å². The highest BCUT2D eigenvalue weighted by Crippen LogP contribution is 2.47. The summed E-state index contributed by atoms with van der Waals surface area (Å²) in [5, 5.41) is 1.58. The summed E-state index contributed by atoms with van der Waals surface area (Å²) in [6.45, 7) is 2.25. The molecule has 6 rings (SSSR count). The zero-order chi connectivity index (χ0) is 24.6. The second kappa shape index (κ2) is 8.97. The van der Waals surface area contributed by atoms with Crippen LogP contribution in [-0.4, -0.2) is 10.5 Å². The monoisotopic (exact) mass is 471 g/mol. The molecule has 4 aromatic carbocycles. The molecule has 36 heavy (non-hydrogen) atoms. The van der Waals surface area contributed by atoms with Gasteiger partial charge in [-0.3, -0.25) is 14.2 Å². The maximum absolute atomic E-state index is 14.0. The Morgan fingerprint density at radius 1 is 0.833 bits per heavy atom. The van der Waals surface area contributed by atoms with Crippen molar-refractivity contribution < 1.29 is 9.53 Å². The molecule has 1 aliphatic rings. The molecule has 0 fully saturated rings. The lowest BCUT2D eigenvalue weighted by Crippen LogP contribution is -2.26. The molecule has 0 amide bonds. The molecule has 1 unspecified atom stereocenters. The summed E-state index contributed by atoms with van der Waals surface area (Å²) in [5.41, 5.74) is 6.81. The number of esters is 1. The second-order valence-corrected chi connectivity index (χ2v) is 9.27. The number of benzene rings is 4. The average Bonchev–Trinajstić information content (AvgIpc) is 3.23. The fourth-order valence-corrected chi connectivity index (χ4v) is 5.29. The largest absolute Gasteiger partial charge is 0.461 e. The fraction of sp³-hybridized carbons (Fsp3) is 0.125. The first-order valence-electron chi connectivity index (χ1n) is 12.1. The second-order valence-electron chi connectivity index (χ2n) is 9.27. The maximum Gasteiger partial charge on any atom is 0.308 e. The van der Waals surface area contributed by atoms with E-state index in [-0.39, 0.29) is 24.6 Å². The highest BCUT2D eigenvalue weighted by atomic mass is 16.5. The lowest BCUT2D eigenvalue weighted by Gasteiger charge is -2.19. The summed E-state index contributed by atoms with van der Waals surface area (Å²) in [5.74, 6) is -0.330. The van der Waals surface area contributed by atoms with Crippen molar-refractivity contribution in [1.82, 2.24) is 4.57 Å². The number of carbonyl (C=O) groups is 1. The van der Waals surface area contributed by atoms with Gasteiger partial charge >= 0.3 is 5.97 Å². The molecule has 0 saturated heterocycles. The van der Waals surface area contributed by atoms with E-state index in [0.29, 0.717) is 5.39 Å². The van der Waals surface area contributed by atoms with Crippen molar-refractivity contribution >= 4 is 16.7 Å². The van der Waals surface area contributed by atoms with Gasteiger partial charge in [0.25, 0.3) is 5.56 Å². The van der Waals surface area contributed by atoms with Gasteiger partial charge in [-0.2, -0.15) is 0 Å². The first-order chi connectivity index (χ1) is 17.6. The van der Waals surface area contributed by atoms with Gasteiger partial charge in [0.1, 0.15) is 6.61 Å². The van der Waals surface area contributed by atoms with E-state index < -0.39 is 6.04 Å². The van der Waals surface area contributed by atoms with Crippen LogP contribution >= 0.6 is 0 Å². The first kappa shape index (κ1) is 22.1. The Labute approximate surface area is 209 Å². The Bertz CT molecular complexity index is 1650. The molecule has 0 bridgehead atoms. The van der Waals surface area contributed by atoms with Gasteiger partial charge in [-0.05, 0) is 35.1 Å². The van der Waals surface area contributed by atoms with Crippen LogP contribution in [0.3, 0.4) is 0 Å². The van der Waals surface area contributed by atoms with Crippen molar-refractivity contribution in [2.75, 3.05) is 0 Å². The van der Waals surface area contributed by atoms with Crippen molar-refractivity contribution in [3.8, 4) is 22.4 Å². The molecule has 0 radical (unpaired) electrons. The number of aromatic nitrogens is 1. The van der Waals surface area contributed by atoms with Crippen LogP contribution in [0.1, 0.15) is 29.2 Å². The highest BCUT2D eigenvalue weighted by Gasteiger charge is 2.34. The van der Waals surface area contributed by atoms with Gasteiger partial charge in [0.15, 0.2) is 0 Å². The van der Waals surface area contributed by atoms with Crippen molar-refractivity contribution in [1.29, 1.82) is 0 Å². The Kier molecular flexibility index (Phi) is 5.49. The van der Waals surface area contributed by atoms with Gasteiger partial charge in [0, 0.05) is 16.5 Å². The van der Waals surface area contributed by atoms with E-state index in [1.807, 2.05) is 96.4 Å². The van der Waals surface area contributed by atoms with E-state index in [4.69, 9.17) is 4.74 Å². The predicted octanol–water partition coefficient (Wildman–Crippen LogP) is 6.68. The molecule has 1 atom stereocenters. The standard InChI is InChI=1S/C32H25NO3/c1-21-16-17-26-27(18-21)30(23-12-6-3-7-13-23)31-25-15-9-8-14-24(25)28(33(31)32(26)35)19-29(34)36-20-22-10-4-2-5-11-22/h2-18,28H,19-20H2,1H3. The third-order valence-electron chi connectivity index (χ3n) is 6.92. The van der Waals surface area contributed by atoms with E-state index in [9.17, 15) is 9.59 Å². The van der Waals surface area contributed by atoms with Gasteiger partial charge in [-0.1, -0.05) is 103 Å². The number of aryl methyl sites for hydroxylation is 1. The van der Waals surface area contributed by atoms with Crippen LogP contribution in [0.15, 0.2) is 108 Å². The van der Waals surface area contributed by atoms with Crippen molar-refractivity contribution in [2.45, 2.75) is 26.0 Å². The summed E-state index contributed by atoms with van der Waals surface area (Å²) in [6.07, 6.45) is 0.0857. The van der Waals surface area contributed by atoms with Gasteiger partial charge < -0.3 is 4.74 Å². The summed E-state index contributed by atoms with van der Waals surface area (Å²) in [7, 11) is 0. The molecule has 2 heterocycles. The number of ether oxygens (including phenoxy) is 1. The minimum Gasteiger partial charge on any atom is -0.461 e. The number of fused-ring (bicyclic) bond motifs is 4. The topological polar surface area (TPSA) is 48.3 Å². The summed E-state index contributed by atoms with van der Waals surface area (Å²) in [6, 6.07) is 33.3. The van der Waals surface area contributed by atoms with Crippen LogP contribution in [-0.2, 0) is 16.1 Å². The molecule has 0 aliphatic carbocycles. The SMILES string of the molecule is Cc1ccc2c(=O)n3c(c(-c4ccccc4)c2c1)-c1ccccc1C3CC(=O)OCc1ccccc1. The number of nitrogens with zero attached hydrogens (tertiary/aromatic N) is 1. The maximum atomic E-state index is 14.0. The van der Waals surface area contributed by atoms with E-state index in [0.717, 1.165) is 44.5 Å². The van der Waals surface area contributed by atoms with Crippen LogP contribution in [0.25, 0.3) is 33.2 Å². The minimum absolute atomic E-state index is 0.0857.